The lowest BCUT2D eigenvalue weighted by Crippen LogP contribution is -2.44. The molecule has 0 rings (SSSR count). The maximum absolute atomic E-state index is 12.0. The first-order valence-electron chi connectivity index (χ1n) is 6.07. The molecule has 0 amide bonds. The van der Waals surface area contributed by atoms with Crippen LogP contribution >= 0.6 is 0 Å². The van der Waals surface area contributed by atoms with E-state index in [2.05, 4.69) is 0 Å². The van der Waals surface area contributed by atoms with Crippen LogP contribution in [0.1, 0.15) is 40.5 Å². The summed E-state index contributed by atoms with van der Waals surface area (Å²) in [6.45, 7) is 7.17. The summed E-state index contributed by atoms with van der Waals surface area (Å²) in [6, 6.07) is 0. The largest absolute Gasteiger partial charge is 0.550 e. The number of carbonyl (C=O) groups excluding carboxylic acids is 2. The fourth-order valence-corrected chi connectivity index (χ4v) is 1.78. The summed E-state index contributed by atoms with van der Waals surface area (Å²) in [5.74, 6) is -1.55. The standard InChI is InChI=1S/C13H24O5/c1-6-13(4,9-12(2,3)10(14)15)11(16)18-8-7-17-5/h6-9H2,1-5H3,(H,14,15)/p-1. The van der Waals surface area contributed by atoms with Gasteiger partial charge in [0.25, 0.3) is 0 Å². The third kappa shape index (κ3) is 4.64. The van der Waals surface area contributed by atoms with E-state index in [-0.39, 0.29) is 13.0 Å². The molecule has 106 valence electrons. The number of esters is 1. The first-order valence-corrected chi connectivity index (χ1v) is 6.07. The molecule has 5 heteroatoms. The van der Waals surface area contributed by atoms with Crippen molar-refractivity contribution < 1.29 is 24.2 Å². The minimum Gasteiger partial charge on any atom is -0.550 e. The molecule has 1 unspecified atom stereocenters. The summed E-state index contributed by atoms with van der Waals surface area (Å²) in [5, 5.41) is 11.0. The molecule has 18 heavy (non-hydrogen) atoms. The van der Waals surface area contributed by atoms with Crippen LogP contribution < -0.4 is 5.11 Å². The van der Waals surface area contributed by atoms with Crippen LogP contribution in [0.5, 0.6) is 0 Å². The van der Waals surface area contributed by atoms with Crippen LogP contribution in [0.15, 0.2) is 0 Å². The number of carboxylic acid groups (broad SMARTS) is 1. The third-order valence-electron chi connectivity index (χ3n) is 3.18. The van der Waals surface area contributed by atoms with Crippen LogP contribution in [0.4, 0.5) is 0 Å². The molecule has 0 aromatic carbocycles. The highest BCUT2D eigenvalue weighted by molar-refractivity contribution is 5.78. The van der Waals surface area contributed by atoms with Gasteiger partial charge in [0.05, 0.1) is 12.0 Å². The number of rotatable bonds is 8. The Morgan fingerprint density at radius 3 is 2.11 bits per heavy atom. The van der Waals surface area contributed by atoms with Gasteiger partial charge in [0.15, 0.2) is 0 Å². The minimum atomic E-state index is -1.16. The van der Waals surface area contributed by atoms with Crippen LogP contribution in [0.2, 0.25) is 0 Å². The van der Waals surface area contributed by atoms with Crippen molar-refractivity contribution in [3.63, 3.8) is 0 Å². The zero-order valence-corrected chi connectivity index (χ0v) is 11.9. The number of carbonyl (C=O) groups is 2. The van der Waals surface area contributed by atoms with Gasteiger partial charge in [-0.25, -0.2) is 0 Å². The van der Waals surface area contributed by atoms with E-state index in [0.717, 1.165) is 0 Å². The molecule has 0 saturated heterocycles. The number of ether oxygens (including phenoxy) is 2. The Balaban J connectivity index is 4.69. The van der Waals surface area contributed by atoms with Gasteiger partial charge in [-0.1, -0.05) is 20.8 Å². The Morgan fingerprint density at radius 1 is 1.17 bits per heavy atom. The van der Waals surface area contributed by atoms with Gasteiger partial charge in [0.1, 0.15) is 6.61 Å². The molecule has 0 N–H and O–H groups in total. The smallest absolute Gasteiger partial charge is 0.311 e. The minimum absolute atomic E-state index is 0.177. The van der Waals surface area contributed by atoms with Crippen molar-refractivity contribution in [3.8, 4) is 0 Å². The molecule has 0 saturated carbocycles. The number of hydrogen-bond donors (Lipinski definition) is 0. The van der Waals surface area contributed by atoms with E-state index in [9.17, 15) is 14.7 Å². The first-order chi connectivity index (χ1) is 8.19. The van der Waals surface area contributed by atoms with E-state index in [0.29, 0.717) is 13.0 Å². The van der Waals surface area contributed by atoms with Gasteiger partial charge < -0.3 is 19.4 Å². The van der Waals surface area contributed by atoms with Crippen LogP contribution in [0.25, 0.3) is 0 Å². The van der Waals surface area contributed by atoms with E-state index < -0.39 is 22.8 Å². The summed E-state index contributed by atoms with van der Waals surface area (Å²) < 4.78 is 9.88. The van der Waals surface area contributed by atoms with Crippen LogP contribution in [0.3, 0.4) is 0 Å². The number of carboxylic acids is 1. The lowest BCUT2D eigenvalue weighted by molar-refractivity contribution is -0.318. The van der Waals surface area contributed by atoms with Gasteiger partial charge in [-0.3, -0.25) is 4.79 Å². The molecule has 5 nitrogen and oxygen atoms in total. The highest BCUT2D eigenvalue weighted by atomic mass is 16.6. The second-order valence-corrected chi connectivity index (χ2v) is 5.39. The predicted molar refractivity (Wildman–Crippen MR) is 64.6 cm³/mol. The lowest BCUT2D eigenvalue weighted by atomic mass is 9.72. The fraction of sp³-hybridized carbons (Fsp3) is 0.846. The van der Waals surface area contributed by atoms with Gasteiger partial charge in [-0.05, 0) is 19.8 Å². The van der Waals surface area contributed by atoms with Crippen LogP contribution in [0, 0.1) is 10.8 Å². The van der Waals surface area contributed by atoms with Gasteiger partial charge in [-0.2, -0.15) is 0 Å². The predicted octanol–water partition coefficient (Wildman–Crippen LogP) is 0.758. The molecule has 0 radical (unpaired) electrons. The van der Waals surface area contributed by atoms with Crippen LogP contribution in [-0.4, -0.2) is 32.3 Å². The molecule has 0 aliphatic heterocycles. The molecule has 0 aliphatic carbocycles. The Hall–Kier alpha value is -1.10. The lowest BCUT2D eigenvalue weighted by Gasteiger charge is -2.35. The maximum Gasteiger partial charge on any atom is 0.311 e. The molecule has 0 bridgehead atoms. The van der Waals surface area contributed by atoms with Gasteiger partial charge in [0.2, 0.25) is 0 Å². The number of hydrogen-bond acceptors (Lipinski definition) is 5. The normalized spacial score (nSPS) is 14.9. The highest BCUT2D eigenvalue weighted by Gasteiger charge is 2.39. The molecule has 0 spiro atoms. The number of methoxy groups -OCH3 is 1. The van der Waals surface area contributed by atoms with Crippen molar-refractivity contribution in [1.29, 1.82) is 0 Å². The Kier molecular flexibility index (Phi) is 6.32. The highest BCUT2D eigenvalue weighted by Crippen LogP contribution is 2.37. The molecule has 0 heterocycles. The summed E-state index contributed by atoms with van der Waals surface area (Å²) in [5.41, 5.74) is -1.89. The van der Waals surface area contributed by atoms with Gasteiger partial charge in [0, 0.05) is 18.5 Å². The van der Waals surface area contributed by atoms with E-state index in [1.165, 1.54) is 7.11 Å². The Bertz CT molecular complexity index is 298. The van der Waals surface area contributed by atoms with E-state index in [4.69, 9.17) is 9.47 Å². The average Bonchev–Trinajstić information content (AvgIpc) is 2.28. The zero-order valence-electron chi connectivity index (χ0n) is 11.9. The maximum atomic E-state index is 12.0. The van der Waals surface area contributed by atoms with Crippen molar-refractivity contribution in [2.75, 3.05) is 20.3 Å². The summed E-state index contributed by atoms with van der Waals surface area (Å²) in [7, 11) is 1.52. The quantitative estimate of drug-likeness (QED) is 0.475. The molecular weight excluding hydrogens is 236 g/mol. The monoisotopic (exact) mass is 259 g/mol. The Morgan fingerprint density at radius 2 is 1.72 bits per heavy atom. The summed E-state index contributed by atoms with van der Waals surface area (Å²) in [6.07, 6.45) is 0.695. The van der Waals surface area contributed by atoms with Gasteiger partial charge >= 0.3 is 5.97 Å². The zero-order chi connectivity index (χ0) is 14.4. The molecular formula is C13H23O5-. The second-order valence-electron chi connectivity index (χ2n) is 5.39. The van der Waals surface area contributed by atoms with Crippen molar-refractivity contribution in [2.45, 2.75) is 40.5 Å². The molecule has 0 aliphatic rings. The van der Waals surface area contributed by atoms with Gasteiger partial charge in [-0.15, -0.1) is 0 Å². The topological polar surface area (TPSA) is 75.7 Å². The third-order valence-corrected chi connectivity index (χ3v) is 3.18. The fourth-order valence-electron chi connectivity index (χ4n) is 1.78. The van der Waals surface area contributed by atoms with Crippen molar-refractivity contribution in [1.82, 2.24) is 0 Å². The molecule has 0 aromatic heterocycles. The molecule has 0 aromatic rings. The van der Waals surface area contributed by atoms with E-state index in [1.54, 1.807) is 20.8 Å². The molecule has 1 atom stereocenters. The number of aliphatic carboxylic acids is 1. The van der Waals surface area contributed by atoms with E-state index in [1.807, 2.05) is 6.92 Å². The van der Waals surface area contributed by atoms with Crippen molar-refractivity contribution in [3.05, 3.63) is 0 Å². The summed E-state index contributed by atoms with van der Waals surface area (Å²) >= 11 is 0. The van der Waals surface area contributed by atoms with E-state index >= 15 is 0 Å². The van der Waals surface area contributed by atoms with Crippen molar-refractivity contribution >= 4 is 11.9 Å². The van der Waals surface area contributed by atoms with Crippen molar-refractivity contribution in [2.24, 2.45) is 10.8 Å². The second kappa shape index (κ2) is 6.73. The average molecular weight is 259 g/mol. The molecule has 0 fully saturated rings. The van der Waals surface area contributed by atoms with Crippen LogP contribution in [-0.2, 0) is 19.1 Å². The first kappa shape index (κ1) is 16.9. The SMILES string of the molecule is CCC(C)(CC(C)(C)C(=O)[O-])C(=O)OCCOC. The Labute approximate surface area is 108 Å². The summed E-state index contributed by atoms with van der Waals surface area (Å²) in [4.78, 5) is 23.0.